The maximum Gasteiger partial charge on any atom is 0.230 e. The van der Waals surface area contributed by atoms with Crippen LogP contribution in [0.4, 0.5) is 0 Å². The van der Waals surface area contributed by atoms with Gasteiger partial charge < -0.3 is 4.90 Å². The van der Waals surface area contributed by atoms with Crippen LogP contribution in [0.3, 0.4) is 0 Å². The van der Waals surface area contributed by atoms with Gasteiger partial charge in [-0.25, -0.2) is 9.97 Å². The molecule has 4 rings (SSSR count). The fraction of sp³-hybridized carbons (Fsp3) is 0.500. The molecule has 1 aromatic heterocycles. The first kappa shape index (κ1) is 18.1. The first-order valence-corrected chi connectivity index (χ1v) is 9.96. The number of carbonyl (C=O) groups is 1. The zero-order valence-electron chi connectivity index (χ0n) is 16.3. The highest BCUT2D eigenvalue weighted by Gasteiger charge is 2.50. The van der Waals surface area contributed by atoms with Gasteiger partial charge in [0, 0.05) is 56.6 Å². The van der Waals surface area contributed by atoms with Gasteiger partial charge in [0.1, 0.15) is 5.82 Å². The zero-order chi connectivity index (χ0) is 18.9. The second kappa shape index (κ2) is 7.39. The van der Waals surface area contributed by atoms with Crippen molar-refractivity contribution < 1.29 is 4.79 Å². The van der Waals surface area contributed by atoms with Gasteiger partial charge in [-0.05, 0) is 24.8 Å². The Hall–Kier alpha value is -2.27. The van der Waals surface area contributed by atoms with Crippen molar-refractivity contribution in [3.05, 3.63) is 59.7 Å². The molecule has 1 aromatic carbocycles. The predicted octanol–water partition coefficient (Wildman–Crippen LogP) is 3.02. The Bertz CT molecular complexity index is 782. The largest absolute Gasteiger partial charge is 0.339 e. The lowest BCUT2D eigenvalue weighted by Gasteiger charge is -2.43. The number of hydrogen-bond acceptors (Lipinski definition) is 4. The summed E-state index contributed by atoms with van der Waals surface area (Å²) >= 11 is 0. The second-order valence-electron chi connectivity index (χ2n) is 7.93. The lowest BCUT2D eigenvalue weighted by atomic mass is 9.81. The number of amides is 1. The third kappa shape index (κ3) is 3.48. The van der Waals surface area contributed by atoms with Gasteiger partial charge in [0.05, 0.1) is 5.92 Å². The van der Waals surface area contributed by atoms with Crippen LogP contribution >= 0.6 is 0 Å². The maximum absolute atomic E-state index is 12.9. The van der Waals surface area contributed by atoms with E-state index in [2.05, 4.69) is 33.9 Å². The van der Waals surface area contributed by atoms with Gasteiger partial charge in [0.15, 0.2) is 0 Å². The average Bonchev–Trinajstić information content (AvgIpc) is 2.96. The molecule has 5 nitrogen and oxygen atoms in total. The number of piperidine rings is 1. The minimum Gasteiger partial charge on any atom is -0.339 e. The number of aromatic nitrogens is 2. The van der Waals surface area contributed by atoms with Gasteiger partial charge in [-0.15, -0.1) is 0 Å². The number of hydrogen-bond donors (Lipinski definition) is 0. The van der Waals surface area contributed by atoms with Gasteiger partial charge in [-0.2, -0.15) is 0 Å². The van der Waals surface area contributed by atoms with E-state index in [1.165, 1.54) is 5.56 Å². The van der Waals surface area contributed by atoms with Crippen LogP contribution in [0, 0.1) is 0 Å². The number of benzene rings is 1. The van der Waals surface area contributed by atoms with Crippen molar-refractivity contribution >= 4 is 5.91 Å². The highest BCUT2D eigenvalue weighted by atomic mass is 16.2. The molecule has 142 valence electrons. The van der Waals surface area contributed by atoms with Crippen molar-refractivity contribution in [2.75, 3.05) is 20.1 Å². The molecule has 2 saturated heterocycles. The SMILES string of the molecule is CCc1ncc(CN2CCC3(CC2)C[C@H](c2ccccc2)C(=O)N3C)cn1. The Labute approximate surface area is 161 Å². The van der Waals surface area contributed by atoms with E-state index in [9.17, 15) is 4.79 Å². The Balaban J connectivity index is 1.41. The molecule has 0 radical (unpaired) electrons. The van der Waals surface area contributed by atoms with Crippen LogP contribution in [0.1, 0.15) is 49.1 Å². The number of likely N-dealkylation sites (N-methyl/N-ethyl adjacent to an activating group) is 1. The number of rotatable bonds is 4. The third-order valence-electron chi connectivity index (χ3n) is 6.39. The number of aryl methyl sites for hydroxylation is 1. The molecule has 0 N–H and O–H groups in total. The summed E-state index contributed by atoms with van der Waals surface area (Å²) in [5.41, 5.74) is 2.33. The summed E-state index contributed by atoms with van der Waals surface area (Å²) in [5, 5.41) is 0. The normalized spacial score (nSPS) is 22.5. The molecule has 0 saturated carbocycles. The molecular formula is C22H28N4O. The van der Waals surface area contributed by atoms with E-state index < -0.39 is 0 Å². The van der Waals surface area contributed by atoms with E-state index in [-0.39, 0.29) is 17.4 Å². The van der Waals surface area contributed by atoms with Gasteiger partial charge in [-0.3, -0.25) is 9.69 Å². The van der Waals surface area contributed by atoms with E-state index in [0.29, 0.717) is 0 Å². The van der Waals surface area contributed by atoms with E-state index >= 15 is 0 Å². The van der Waals surface area contributed by atoms with Gasteiger partial charge in [-0.1, -0.05) is 37.3 Å². The second-order valence-corrected chi connectivity index (χ2v) is 7.93. The molecule has 2 aliphatic rings. The lowest BCUT2D eigenvalue weighted by molar-refractivity contribution is -0.131. The molecule has 2 aliphatic heterocycles. The summed E-state index contributed by atoms with van der Waals surface area (Å²) in [6.45, 7) is 4.98. The molecule has 0 unspecified atom stereocenters. The highest BCUT2D eigenvalue weighted by molar-refractivity contribution is 5.87. The first-order chi connectivity index (χ1) is 13.1. The molecule has 0 bridgehead atoms. The first-order valence-electron chi connectivity index (χ1n) is 9.96. The van der Waals surface area contributed by atoms with Crippen molar-refractivity contribution in [2.24, 2.45) is 0 Å². The minimum atomic E-state index is 0.0106. The Morgan fingerprint density at radius 3 is 2.41 bits per heavy atom. The lowest BCUT2D eigenvalue weighted by Crippen LogP contribution is -2.51. The molecule has 1 spiro atoms. The summed E-state index contributed by atoms with van der Waals surface area (Å²) in [6, 6.07) is 10.2. The molecule has 2 aromatic rings. The summed E-state index contributed by atoms with van der Waals surface area (Å²) in [6.07, 6.45) is 7.78. The Morgan fingerprint density at radius 1 is 1.11 bits per heavy atom. The van der Waals surface area contributed by atoms with Crippen molar-refractivity contribution in [2.45, 2.75) is 50.6 Å². The fourth-order valence-corrected chi connectivity index (χ4v) is 4.59. The van der Waals surface area contributed by atoms with Crippen molar-refractivity contribution in [1.82, 2.24) is 19.8 Å². The Morgan fingerprint density at radius 2 is 1.78 bits per heavy atom. The molecular weight excluding hydrogens is 336 g/mol. The smallest absolute Gasteiger partial charge is 0.230 e. The van der Waals surface area contributed by atoms with Crippen molar-refractivity contribution in [3.63, 3.8) is 0 Å². The molecule has 1 amide bonds. The van der Waals surface area contributed by atoms with E-state index in [1.54, 1.807) is 0 Å². The Kier molecular flexibility index (Phi) is 4.96. The molecule has 1 atom stereocenters. The van der Waals surface area contributed by atoms with E-state index in [0.717, 1.165) is 56.7 Å². The predicted molar refractivity (Wildman–Crippen MR) is 105 cm³/mol. The summed E-state index contributed by atoms with van der Waals surface area (Å²) < 4.78 is 0. The van der Waals surface area contributed by atoms with E-state index in [4.69, 9.17) is 0 Å². The monoisotopic (exact) mass is 364 g/mol. The van der Waals surface area contributed by atoms with Gasteiger partial charge in [0.2, 0.25) is 5.91 Å². The van der Waals surface area contributed by atoms with Crippen LogP contribution in [-0.4, -0.2) is 51.4 Å². The molecule has 3 heterocycles. The zero-order valence-corrected chi connectivity index (χ0v) is 16.3. The minimum absolute atomic E-state index is 0.0106. The quantitative estimate of drug-likeness (QED) is 0.837. The number of nitrogens with zero attached hydrogens (tertiary/aromatic N) is 4. The summed E-state index contributed by atoms with van der Waals surface area (Å²) in [7, 11) is 2.00. The van der Waals surface area contributed by atoms with Crippen LogP contribution in [0.15, 0.2) is 42.7 Å². The molecule has 2 fully saturated rings. The van der Waals surface area contributed by atoms with Crippen LogP contribution in [0.25, 0.3) is 0 Å². The average molecular weight is 364 g/mol. The summed E-state index contributed by atoms with van der Waals surface area (Å²) in [4.78, 5) is 26.2. The molecule has 0 aliphatic carbocycles. The number of likely N-dealkylation sites (tertiary alicyclic amines) is 2. The van der Waals surface area contributed by atoms with Gasteiger partial charge >= 0.3 is 0 Å². The molecule has 27 heavy (non-hydrogen) atoms. The third-order valence-corrected chi connectivity index (χ3v) is 6.39. The van der Waals surface area contributed by atoms with Crippen molar-refractivity contribution in [1.29, 1.82) is 0 Å². The fourth-order valence-electron chi connectivity index (χ4n) is 4.59. The topological polar surface area (TPSA) is 49.3 Å². The van der Waals surface area contributed by atoms with Crippen LogP contribution < -0.4 is 0 Å². The van der Waals surface area contributed by atoms with Gasteiger partial charge in [0.25, 0.3) is 0 Å². The standard InChI is InChI=1S/C22H28N4O/c1-3-20-23-14-17(15-24-20)16-26-11-9-22(10-12-26)13-19(21(27)25(22)2)18-7-5-4-6-8-18/h4-8,14-15,19H,3,9-13,16H2,1-2H3/t19-/m1/s1. The van der Waals surface area contributed by atoms with E-state index in [1.807, 2.05) is 42.5 Å². The maximum atomic E-state index is 12.9. The highest BCUT2D eigenvalue weighted by Crippen LogP contribution is 2.44. The van der Waals surface area contributed by atoms with Crippen LogP contribution in [-0.2, 0) is 17.8 Å². The number of carbonyl (C=O) groups excluding carboxylic acids is 1. The van der Waals surface area contributed by atoms with Crippen LogP contribution in [0.2, 0.25) is 0 Å². The van der Waals surface area contributed by atoms with Crippen molar-refractivity contribution in [3.8, 4) is 0 Å². The summed E-state index contributed by atoms with van der Waals surface area (Å²) in [5.74, 6) is 1.19. The molecule has 5 heteroatoms. The van der Waals surface area contributed by atoms with Crippen LogP contribution in [0.5, 0.6) is 0 Å².